The second kappa shape index (κ2) is 6.38. The van der Waals surface area contributed by atoms with E-state index < -0.39 is 17.8 Å². The number of nitrogens with zero attached hydrogens (tertiary/aromatic N) is 2. The second-order valence-corrected chi connectivity index (χ2v) is 5.43. The molecule has 126 valence electrons. The lowest BCUT2D eigenvalue weighted by Gasteiger charge is -2.40. The minimum atomic E-state index is -4.52. The minimum absolute atomic E-state index is 0.134. The van der Waals surface area contributed by atoms with Gasteiger partial charge in [0.1, 0.15) is 5.82 Å². The van der Waals surface area contributed by atoms with E-state index >= 15 is 0 Å². The van der Waals surface area contributed by atoms with Gasteiger partial charge in [-0.3, -0.25) is 0 Å². The summed E-state index contributed by atoms with van der Waals surface area (Å²) in [4.78, 5) is 18.1. The molecule has 0 atom stereocenters. The molecule has 2 aromatic rings. The molecule has 5 nitrogen and oxygen atoms in total. The Bertz CT molecular complexity index is 715. The number of para-hydroxylation sites is 1. The molecule has 3 rings (SSSR count). The van der Waals surface area contributed by atoms with Crippen LogP contribution in [0.5, 0.6) is 0 Å². The zero-order valence-corrected chi connectivity index (χ0v) is 12.5. The summed E-state index contributed by atoms with van der Waals surface area (Å²) in [5.41, 5.74) is -1.13. The molecule has 0 unspecified atom stereocenters. The van der Waals surface area contributed by atoms with Gasteiger partial charge in [-0.2, -0.15) is 13.2 Å². The van der Waals surface area contributed by atoms with E-state index in [0.717, 1.165) is 11.9 Å². The van der Waals surface area contributed by atoms with E-state index in [0.29, 0.717) is 13.1 Å². The second-order valence-electron chi connectivity index (χ2n) is 5.43. The van der Waals surface area contributed by atoms with Gasteiger partial charge >= 0.3 is 12.2 Å². The van der Waals surface area contributed by atoms with Crippen molar-refractivity contribution in [3.63, 3.8) is 0 Å². The Balaban J connectivity index is 1.55. The van der Waals surface area contributed by atoms with Crippen molar-refractivity contribution in [3.05, 3.63) is 54.2 Å². The standard InChI is InChI=1S/C16H15F3N4O/c17-16(18,19)12-5-1-2-6-13(12)22-15(24)21-11-9-23(10-11)14-7-3-4-8-20-14/h1-8,11H,9-10H2,(H2,21,22,24). The number of benzene rings is 1. The Hall–Kier alpha value is -2.77. The van der Waals surface area contributed by atoms with Crippen LogP contribution in [0, 0.1) is 0 Å². The molecular formula is C16H15F3N4O. The number of rotatable bonds is 3. The SMILES string of the molecule is O=C(Nc1ccccc1C(F)(F)F)NC1CN(c2ccccn2)C1. The summed E-state index contributed by atoms with van der Waals surface area (Å²) >= 11 is 0. The minimum Gasteiger partial charge on any atom is -0.352 e. The van der Waals surface area contributed by atoms with E-state index in [1.54, 1.807) is 6.20 Å². The average Bonchev–Trinajstić information content (AvgIpc) is 2.51. The third-order valence-corrected chi connectivity index (χ3v) is 3.67. The van der Waals surface area contributed by atoms with Crippen LogP contribution in [0.2, 0.25) is 0 Å². The number of carbonyl (C=O) groups excluding carboxylic acids is 1. The molecule has 1 aromatic carbocycles. The zero-order chi connectivity index (χ0) is 17.2. The van der Waals surface area contributed by atoms with Crippen molar-refractivity contribution < 1.29 is 18.0 Å². The molecule has 8 heteroatoms. The summed E-state index contributed by atoms with van der Waals surface area (Å²) in [7, 11) is 0. The highest BCUT2D eigenvalue weighted by molar-refractivity contribution is 5.90. The number of anilines is 2. The Morgan fingerprint density at radius 3 is 2.50 bits per heavy atom. The van der Waals surface area contributed by atoms with Crippen LogP contribution in [0.25, 0.3) is 0 Å². The average molecular weight is 336 g/mol. The number of hydrogen-bond donors (Lipinski definition) is 2. The molecule has 0 radical (unpaired) electrons. The van der Waals surface area contributed by atoms with E-state index in [4.69, 9.17) is 0 Å². The molecule has 0 saturated carbocycles. The topological polar surface area (TPSA) is 57.3 Å². The first-order chi connectivity index (χ1) is 11.4. The highest BCUT2D eigenvalue weighted by Gasteiger charge is 2.34. The number of alkyl halides is 3. The number of urea groups is 1. The van der Waals surface area contributed by atoms with Gasteiger partial charge in [0.2, 0.25) is 0 Å². The molecule has 2 N–H and O–H groups in total. The highest BCUT2D eigenvalue weighted by atomic mass is 19.4. The summed E-state index contributed by atoms with van der Waals surface area (Å²) in [6.07, 6.45) is -2.84. The first-order valence-electron chi connectivity index (χ1n) is 7.33. The monoisotopic (exact) mass is 336 g/mol. The number of carbonyl (C=O) groups is 1. The molecule has 2 heterocycles. The van der Waals surface area contributed by atoms with E-state index in [-0.39, 0.29) is 11.7 Å². The van der Waals surface area contributed by atoms with Crippen LogP contribution in [-0.2, 0) is 6.18 Å². The third kappa shape index (κ3) is 3.58. The zero-order valence-electron chi connectivity index (χ0n) is 12.5. The van der Waals surface area contributed by atoms with Crippen molar-refractivity contribution in [1.82, 2.24) is 10.3 Å². The van der Waals surface area contributed by atoms with Crippen molar-refractivity contribution in [2.45, 2.75) is 12.2 Å². The summed E-state index contributed by atoms with van der Waals surface area (Å²) in [6.45, 7) is 1.12. The predicted octanol–water partition coefficient (Wildman–Crippen LogP) is 3.11. The smallest absolute Gasteiger partial charge is 0.352 e. The van der Waals surface area contributed by atoms with Gasteiger partial charge in [-0.25, -0.2) is 9.78 Å². The molecule has 1 aromatic heterocycles. The number of nitrogens with one attached hydrogen (secondary N) is 2. The van der Waals surface area contributed by atoms with E-state index in [9.17, 15) is 18.0 Å². The van der Waals surface area contributed by atoms with Crippen molar-refractivity contribution in [1.29, 1.82) is 0 Å². The summed E-state index contributed by atoms with van der Waals surface area (Å²) in [6, 6.07) is 9.62. The molecule has 0 aliphatic carbocycles. The summed E-state index contributed by atoms with van der Waals surface area (Å²) in [5, 5.41) is 4.92. The quantitative estimate of drug-likeness (QED) is 0.905. The number of pyridine rings is 1. The lowest BCUT2D eigenvalue weighted by atomic mass is 10.1. The van der Waals surface area contributed by atoms with Gasteiger partial charge in [-0.1, -0.05) is 18.2 Å². The van der Waals surface area contributed by atoms with Crippen molar-refractivity contribution in [2.24, 2.45) is 0 Å². The van der Waals surface area contributed by atoms with Gasteiger partial charge in [0.25, 0.3) is 0 Å². The fraction of sp³-hybridized carbons (Fsp3) is 0.250. The van der Waals surface area contributed by atoms with E-state index in [2.05, 4.69) is 15.6 Å². The first-order valence-corrected chi connectivity index (χ1v) is 7.33. The highest BCUT2D eigenvalue weighted by Crippen LogP contribution is 2.34. The summed E-state index contributed by atoms with van der Waals surface area (Å²) in [5.74, 6) is 0.804. The van der Waals surface area contributed by atoms with Gasteiger partial charge < -0.3 is 15.5 Å². The van der Waals surface area contributed by atoms with Crippen LogP contribution in [-0.4, -0.2) is 30.1 Å². The van der Waals surface area contributed by atoms with Crippen LogP contribution < -0.4 is 15.5 Å². The largest absolute Gasteiger partial charge is 0.418 e. The maximum absolute atomic E-state index is 12.9. The van der Waals surface area contributed by atoms with Crippen LogP contribution in [0.3, 0.4) is 0 Å². The molecule has 1 fully saturated rings. The Morgan fingerprint density at radius 2 is 1.83 bits per heavy atom. The van der Waals surface area contributed by atoms with Gasteiger partial charge in [0.15, 0.2) is 0 Å². The molecule has 0 spiro atoms. The van der Waals surface area contributed by atoms with Crippen molar-refractivity contribution >= 4 is 17.5 Å². The molecule has 1 saturated heterocycles. The number of halogens is 3. The molecule has 1 aliphatic heterocycles. The molecule has 0 bridgehead atoms. The molecule has 24 heavy (non-hydrogen) atoms. The van der Waals surface area contributed by atoms with Gasteiger partial charge in [0.05, 0.1) is 17.3 Å². The maximum Gasteiger partial charge on any atom is 0.418 e. The van der Waals surface area contributed by atoms with E-state index in [1.807, 2.05) is 23.1 Å². The number of aromatic nitrogens is 1. The lowest BCUT2D eigenvalue weighted by molar-refractivity contribution is -0.136. The molecular weight excluding hydrogens is 321 g/mol. The predicted molar refractivity (Wildman–Crippen MR) is 83.8 cm³/mol. The number of amides is 2. The first kappa shape index (κ1) is 16.1. The Morgan fingerprint density at radius 1 is 1.12 bits per heavy atom. The fourth-order valence-corrected chi connectivity index (χ4v) is 2.48. The van der Waals surface area contributed by atoms with Gasteiger partial charge in [-0.15, -0.1) is 0 Å². The van der Waals surface area contributed by atoms with E-state index in [1.165, 1.54) is 18.2 Å². The van der Waals surface area contributed by atoms with Gasteiger partial charge in [0, 0.05) is 19.3 Å². The summed E-state index contributed by atoms with van der Waals surface area (Å²) < 4.78 is 38.7. The van der Waals surface area contributed by atoms with Crippen LogP contribution in [0.4, 0.5) is 29.5 Å². The van der Waals surface area contributed by atoms with Gasteiger partial charge in [-0.05, 0) is 24.3 Å². The van der Waals surface area contributed by atoms with Crippen molar-refractivity contribution in [3.8, 4) is 0 Å². The third-order valence-electron chi connectivity index (χ3n) is 3.67. The fourth-order valence-electron chi connectivity index (χ4n) is 2.48. The Labute approximate surface area is 136 Å². The lowest BCUT2D eigenvalue weighted by Crippen LogP contribution is -2.60. The molecule has 1 aliphatic rings. The van der Waals surface area contributed by atoms with Crippen LogP contribution >= 0.6 is 0 Å². The normalized spacial score (nSPS) is 14.9. The van der Waals surface area contributed by atoms with Crippen LogP contribution in [0.15, 0.2) is 48.7 Å². The molecule has 2 amide bonds. The van der Waals surface area contributed by atoms with Crippen molar-refractivity contribution in [2.75, 3.05) is 23.3 Å². The number of hydrogen-bond acceptors (Lipinski definition) is 3. The Kier molecular flexibility index (Phi) is 4.28. The van der Waals surface area contributed by atoms with Crippen LogP contribution in [0.1, 0.15) is 5.56 Å². The maximum atomic E-state index is 12.9.